The Labute approximate surface area is 149 Å². The van der Waals surface area contributed by atoms with Gasteiger partial charge in [0.1, 0.15) is 17.0 Å². The molecule has 26 heavy (non-hydrogen) atoms. The fraction of sp³-hybridized carbons (Fsp3) is 0.211. The second-order valence-corrected chi connectivity index (χ2v) is 5.82. The third-order valence-corrected chi connectivity index (χ3v) is 3.99. The van der Waals surface area contributed by atoms with Crippen LogP contribution in [0.5, 0.6) is 11.5 Å². The number of benzene rings is 2. The number of aryl methyl sites for hydroxylation is 1. The van der Waals surface area contributed by atoms with Crippen LogP contribution in [0.1, 0.15) is 17.3 Å². The molecule has 0 atom stereocenters. The zero-order chi connectivity index (χ0) is 18.1. The fourth-order valence-corrected chi connectivity index (χ4v) is 2.77. The fourth-order valence-electron chi connectivity index (χ4n) is 2.77. The zero-order valence-corrected chi connectivity index (χ0v) is 14.6. The number of nitrogens with zero attached hydrogens (tertiary/aromatic N) is 3. The highest BCUT2D eigenvalue weighted by molar-refractivity contribution is 5.78. The van der Waals surface area contributed by atoms with E-state index in [1.165, 1.54) is 0 Å². The van der Waals surface area contributed by atoms with Gasteiger partial charge in [-0.1, -0.05) is 5.16 Å². The molecule has 2 aromatic carbocycles. The number of rotatable bonds is 5. The zero-order valence-electron chi connectivity index (χ0n) is 14.6. The molecule has 132 valence electrons. The molecule has 0 radical (unpaired) electrons. The van der Waals surface area contributed by atoms with Crippen LogP contribution in [-0.4, -0.2) is 29.3 Å². The predicted molar refractivity (Wildman–Crippen MR) is 94.4 cm³/mol. The maximum Gasteiger partial charge on any atom is 0.231 e. The van der Waals surface area contributed by atoms with Gasteiger partial charge in [-0.2, -0.15) is 4.98 Å². The number of ether oxygens (including phenoxy) is 2. The van der Waals surface area contributed by atoms with E-state index in [9.17, 15) is 0 Å². The Kier molecular flexibility index (Phi) is 4.04. The summed E-state index contributed by atoms with van der Waals surface area (Å²) in [6, 6.07) is 11.3. The smallest absolute Gasteiger partial charge is 0.231 e. The van der Waals surface area contributed by atoms with Gasteiger partial charge in [0.05, 0.1) is 20.6 Å². The van der Waals surface area contributed by atoms with E-state index in [1.54, 1.807) is 14.2 Å². The Bertz CT molecular complexity index is 1050. The highest BCUT2D eigenvalue weighted by Crippen LogP contribution is 2.26. The second-order valence-electron chi connectivity index (χ2n) is 5.82. The van der Waals surface area contributed by atoms with Crippen molar-refractivity contribution in [2.24, 2.45) is 0 Å². The van der Waals surface area contributed by atoms with E-state index in [0.29, 0.717) is 35.5 Å². The molecule has 2 heterocycles. The van der Waals surface area contributed by atoms with E-state index in [4.69, 9.17) is 18.4 Å². The van der Waals surface area contributed by atoms with Crippen LogP contribution in [0.3, 0.4) is 0 Å². The first-order chi connectivity index (χ1) is 12.6. The number of aromatic nitrogens is 3. The molecular formula is C19H17N3O4. The van der Waals surface area contributed by atoms with Gasteiger partial charge < -0.3 is 18.4 Å². The van der Waals surface area contributed by atoms with Crippen LogP contribution >= 0.6 is 0 Å². The van der Waals surface area contributed by atoms with Crippen LogP contribution in [0.15, 0.2) is 45.3 Å². The first kappa shape index (κ1) is 16.1. The van der Waals surface area contributed by atoms with Crippen molar-refractivity contribution < 1.29 is 18.4 Å². The number of fused-ring (bicyclic) bond motifs is 1. The standard InChI is InChI=1S/C19H17N3O4/c1-11-20-16-9-13(4-5-17(16)25-11)19-21-18(26-22-19)8-12-6-14(23-2)10-15(7-12)24-3/h4-7,9-10H,8H2,1-3H3. The monoisotopic (exact) mass is 351 g/mol. The van der Waals surface area contributed by atoms with Crippen LogP contribution in [0, 0.1) is 6.92 Å². The summed E-state index contributed by atoms with van der Waals surface area (Å²) in [6.07, 6.45) is 0.478. The van der Waals surface area contributed by atoms with Crippen molar-refractivity contribution >= 4 is 11.1 Å². The molecule has 0 aliphatic rings. The van der Waals surface area contributed by atoms with Gasteiger partial charge in [-0.25, -0.2) is 4.98 Å². The van der Waals surface area contributed by atoms with Crippen LogP contribution in [0.25, 0.3) is 22.5 Å². The SMILES string of the molecule is COc1cc(Cc2nc(-c3ccc4oc(C)nc4c3)no2)cc(OC)c1. The molecule has 0 unspecified atom stereocenters. The Balaban J connectivity index is 1.61. The number of oxazole rings is 1. The Morgan fingerprint density at radius 1 is 0.962 bits per heavy atom. The van der Waals surface area contributed by atoms with Crippen LogP contribution in [0.2, 0.25) is 0 Å². The van der Waals surface area contributed by atoms with Crippen molar-refractivity contribution in [3.8, 4) is 22.9 Å². The molecule has 0 amide bonds. The quantitative estimate of drug-likeness (QED) is 0.541. The van der Waals surface area contributed by atoms with Gasteiger partial charge in [-0.3, -0.25) is 0 Å². The third-order valence-electron chi connectivity index (χ3n) is 3.99. The summed E-state index contributed by atoms with van der Waals surface area (Å²) >= 11 is 0. The summed E-state index contributed by atoms with van der Waals surface area (Å²) in [5.41, 5.74) is 3.28. The number of methoxy groups -OCH3 is 2. The molecule has 7 nitrogen and oxygen atoms in total. The van der Waals surface area contributed by atoms with Crippen molar-refractivity contribution in [3.05, 3.63) is 53.7 Å². The minimum atomic E-state index is 0.478. The lowest BCUT2D eigenvalue weighted by Gasteiger charge is -2.06. The van der Waals surface area contributed by atoms with Gasteiger partial charge >= 0.3 is 0 Å². The largest absolute Gasteiger partial charge is 0.497 e. The summed E-state index contributed by atoms with van der Waals surface area (Å²) in [5.74, 6) is 3.07. The molecule has 0 N–H and O–H groups in total. The van der Waals surface area contributed by atoms with E-state index in [-0.39, 0.29) is 0 Å². The molecule has 4 rings (SSSR count). The van der Waals surface area contributed by atoms with E-state index < -0.39 is 0 Å². The number of hydrogen-bond acceptors (Lipinski definition) is 7. The van der Waals surface area contributed by atoms with Crippen molar-refractivity contribution in [3.63, 3.8) is 0 Å². The lowest BCUT2D eigenvalue weighted by atomic mass is 10.1. The van der Waals surface area contributed by atoms with Crippen molar-refractivity contribution in [2.75, 3.05) is 14.2 Å². The highest BCUT2D eigenvalue weighted by atomic mass is 16.5. The highest BCUT2D eigenvalue weighted by Gasteiger charge is 2.13. The molecule has 7 heteroatoms. The van der Waals surface area contributed by atoms with Gasteiger partial charge in [0.2, 0.25) is 11.7 Å². The molecule has 0 bridgehead atoms. The van der Waals surface area contributed by atoms with Crippen molar-refractivity contribution in [1.82, 2.24) is 15.1 Å². The third kappa shape index (κ3) is 3.11. The summed E-state index contributed by atoms with van der Waals surface area (Å²) in [7, 11) is 3.23. The van der Waals surface area contributed by atoms with Gasteiger partial charge in [-0.15, -0.1) is 0 Å². The molecule has 0 spiro atoms. The Morgan fingerprint density at radius 2 is 1.73 bits per heavy atom. The van der Waals surface area contributed by atoms with Gasteiger partial charge in [0.25, 0.3) is 0 Å². The molecule has 0 fully saturated rings. The average Bonchev–Trinajstić information content (AvgIpc) is 3.26. The maximum atomic E-state index is 5.49. The Morgan fingerprint density at radius 3 is 2.46 bits per heavy atom. The topological polar surface area (TPSA) is 83.4 Å². The van der Waals surface area contributed by atoms with E-state index in [1.807, 2.05) is 43.3 Å². The maximum absolute atomic E-state index is 5.49. The lowest BCUT2D eigenvalue weighted by molar-refractivity contribution is 0.382. The van der Waals surface area contributed by atoms with Crippen LogP contribution < -0.4 is 9.47 Å². The minimum absolute atomic E-state index is 0.478. The van der Waals surface area contributed by atoms with E-state index >= 15 is 0 Å². The van der Waals surface area contributed by atoms with Crippen molar-refractivity contribution in [1.29, 1.82) is 0 Å². The van der Waals surface area contributed by atoms with Gasteiger partial charge in [0, 0.05) is 18.6 Å². The van der Waals surface area contributed by atoms with Gasteiger partial charge in [0.15, 0.2) is 11.5 Å². The molecule has 0 saturated carbocycles. The summed E-state index contributed by atoms with van der Waals surface area (Å²) in [4.78, 5) is 8.81. The van der Waals surface area contributed by atoms with Crippen molar-refractivity contribution in [2.45, 2.75) is 13.3 Å². The van der Waals surface area contributed by atoms with Crippen LogP contribution in [0.4, 0.5) is 0 Å². The first-order valence-electron chi connectivity index (χ1n) is 8.06. The van der Waals surface area contributed by atoms with E-state index in [2.05, 4.69) is 15.1 Å². The Hall–Kier alpha value is -3.35. The molecule has 0 aliphatic heterocycles. The molecule has 2 aromatic heterocycles. The summed E-state index contributed by atoms with van der Waals surface area (Å²) < 4.78 is 21.5. The average molecular weight is 351 g/mol. The molecule has 4 aromatic rings. The normalized spacial score (nSPS) is 11.0. The van der Waals surface area contributed by atoms with Gasteiger partial charge in [-0.05, 0) is 35.9 Å². The number of hydrogen-bond donors (Lipinski definition) is 0. The molecular weight excluding hydrogens is 334 g/mol. The summed E-state index contributed by atoms with van der Waals surface area (Å²) in [6.45, 7) is 1.81. The van der Waals surface area contributed by atoms with E-state index in [0.717, 1.165) is 22.2 Å². The first-order valence-corrected chi connectivity index (χ1v) is 8.06. The molecule has 0 saturated heterocycles. The second kappa shape index (κ2) is 6.51. The summed E-state index contributed by atoms with van der Waals surface area (Å²) in [5, 5.41) is 4.07. The lowest BCUT2D eigenvalue weighted by Crippen LogP contribution is -1.93. The molecule has 0 aliphatic carbocycles. The predicted octanol–water partition coefficient (Wildman–Crippen LogP) is 3.79. The minimum Gasteiger partial charge on any atom is -0.497 e. The van der Waals surface area contributed by atoms with Crippen LogP contribution in [-0.2, 0) is 6.42 Å².